The first kappa shape index (κ1) is 37.7. The quantitative estimate of drug-likeness (QED) is 0.122. The molecule has 0 aliphatic rings. The van der Waals surface area contributed by atoms with Gasteiger partial charge in [0.1, 0.15) is 0 Å². The van der Waals surface area contributed by atoms with Crippen molar-refractivity contribution >= 4 is 58.4 Å². The average Bonchev–Trinajstić information content (AvgIpc) is 3.26. The van der Waals surface area contributed by atoms with Crippen molar-refractivity contribution in [3.63, 3.8) is 0 Å². The summed E-state index contributed by atoms with van der Waals surface area (Å²) in [7, 11) is 0. The Morgan fingerprint density at radius 2 is 0.621 bits per heavy atom. The van der Waals surface area contributed by atoms with Crippen molar-refractivity contribution in [2.75, 3.05) is 9.80 Å². The van der Waals surface area contributed by atoms with Crippen molar-refractivity contribution in [1.82, 2.24) is 0 Å². The van der Waals surface area contributed by atoms with Crippen molar-refractivity contribution in [3.8, 4) is 11.1 Å². The molecule has 0 radical (unpaired) electrons. The number of para-hydroxylation sites is 2. The molecule has 2 nitrogen and oxygen atoms in total. The Morgan fingerprint density at radius 1 is 0.293 bits per heavy atom. The van der Waals surface area contributed by atoms with Crippen molar-refractivity contribution in [1.29, 1.82) is 0 Å². The largest absolute Gasteiger partial charge is 0.310 e. The summed E-state index contributed by atoms with van der Waals surface area (Å²) in [6, 6.07) is 69.8. The van der Waals surface area contributed by atoms with E-state index in [1.54, 1.807) is 0 Å². The zero-order chi connectivity index (χ0) is 39.8. The Balaban J connectivity index is 1.05. The highest BCUT2D eigenvalue weighted by atomic mass is 15.1. The van der Waals surface area contributed by atoms with Crippen molar-refractivity contribution in [3.05, 3.63) is 239 Å². The van der Waals surface area contributed by atoms with Crippen molar-refractivity contribution < 1.29 is 0 Å². The van der Waals surface area contributed by atoms with Crippen LogP contribution in [0.4, 0.5) is 34.1 Å². The third kappa shape index (κ3) is 8.78. The number of anilines is 6. The van der Waals surface area contributed by atoms with Gasteiger partial charge in [0.15, 0.2) is 0 Å². The molecule has 282 valence electrons. The minimum atomic E-state index is 1.11. The molecule has 8 aromatic rings. The summed E-state index contributed by atoms with van der Waals surface area (Å²) in [6.45, 7) is 8.62. The molecule has 8 rings (SSSR count). The summed E-state index contributed by atoms with van der Waals surface area (Å²) >= 11 is 0. The van der Waals surface area contributed by atoms with Crippen LogP contribution in [0.5, 0.6) is 0 Å². The second-order valence-electron chi connectivity index (χ2n) is 15.0. The van der Waals surface area contributed by atoms with Crippen LogP contribution in [0.15, 0.2) is 194 Å². The summed E-state index contributed by atoms with van der Waals surface area (Å²) < 4.78 is 0. The molecule has 0 aromatic heterocycles. The Bertz CT molecular complexity index is 2460. The highest BCUT2D eigenvalue weighted by Gasteiger charge is 2.16. The third-order valence-corrected chi connectivity index (χ3v) is 10.7. The van der Waals surface area contributed by atoms with Gasteiger partial charge in [-0.05, 0) is 145 Å². The van der Waals surface area contributed by atoms with Gasteiger partial charge in [0.2, 0.25) is 0 Å². The van der Waals surface area contributed by atoms with Crippen LogP contribution in [0.25, 0.3) is 35.4 Å². The summed E-state index contributed by atoms with van der Waals surface area (Å²) in [5.41, 5.74) is 18.9. The minimum absolute atomic E-state index is 1.11. The number of aryl methyl sites for hydroxylation is 4. The van der Waals surface area contributed by atoms with E-state index in [1.165, 1.54) is 55.6 Å². The maximum Gasteiger partial charge on any atom is 0.0464 e. The van der Waals surface area contributed by atoms with E-state index in [-0.39, 0.29) is 0 Å². The Hall–Kier alpha value is -7.16. The van der Waals surface area contributed by atoms with Crippen LogP contribution < -0.4 is 9.80 Å². The standard InChI is InChI=1S/C56H48N2/c1-41-15-19-45(20-16-41)23-25-47-27-37-55(39-43(47)3)57(51-11-7-5-8-12-51)53-33-29-49(30-34-53)50-31-35-54(36-32-50)58(52-13-9-6-10-14-52)56-38-28-48(44(4)40-56)26-24-46-21-17-42(2)18-22-46/h5-40H,1-4H3. The maximum absolute atomic E-state index is 2.33. The van der Waals surface area contributed by atoms with Crippen LogP contribution in [-0.2, 0) is 0 Å². The van der Waals surface area contributed by atoms with Gasteiger partial charge in [-0.25, -0.2) is 0 Å². The fraction of sp³-hybridized carbons (Fsp3) is 0.0714. The number of benzene rings is 8. The number of rotatable bonds is 11. The van der Waals surface area contributed by atoms with E-state index in [9.17, 15) is 0 Å². The fourth-order valence-electron chi connectivity index (χ4n) is 7.35. The molecule has 0 saturated carbocycles. The highest BCUT2D eigenvalue weighted by Crippen LogP contribution is 2.39. The van der Waals surface area contributed by atoms with Crippen LogP contribution in [-0.4, -0.2) is 0 Å². The summed E-state index contributed by atoms with van der Waals surface area (Å²) in [6.07, 6.45) is 8.79. The van der Waals surface area contributed by atoms with Gasteiger partial charge in [-0.2, -0.15) is 0 Å². The van der Waals surface area contributed by atoms with Gasteiger partial charge >= 0.3 is 0 Å². The van der Waals surface area contributed by atoms with E-state index in [2.05, 4.69) is 256 Å². The molecule has 0 spiro atoms. The van der Waals surface area contributed by atoms with E-state index < -0.39 is 0 Å². The van der Waals surface area contributed by atoms with Gasteiger partial charge in [0, 0.05) is 34.1 Å². The molecule has 0 bridgehead atoms. The second-order valence-corrected chi connectivity index (χ2v) is 15.0. The summed E-state index contributed by atoms with van der Waals surface area (Å²) in [5, 5.41) is 0. The molecule has 58 heavy (non-hydrogen) atoms. The molecule has 0 aliphatic carbocycles. The lowest BCUT2D eigenvalue weighted by atomic mass is 10.0. The SMILES string of the molecule is Cc1ccc(C=Cc2ccc(N(c3ccccc3)c3ccc(-c4ccc(N(c5ccccc5)c5ccc(C=Cc6ccc(C)cc6)c(C)c5)cc4)cc3)cc2C)cc1. The lowest BCUT2D eigenvalue weighted by molar-refractivity contribution is 1.26. The zero-order valence-electron chi connectivity index (χ0n) is 33.7. The second kappa shape index (κ2) is 17.3. The third-order valence-electron chi connectivity index (χ3n) is 10.7. The van der Waals surface area contributed by atoms with Gasteiger partial charge in [-0.1, -0.05) is 157 Å². The first-order valence-corrected chi connectivity index (χ1v) is 20.0. The minimum Gasteiger partial charge on any atom is -0.310 e. The first-order valence-electron chi connectivity index (χ1n) is 20.0. The molecule has 2 heteroatoms. The number of hydrogen-bond acceptors (Lipinski definition) is 2. The maximum atomic E-state index is 2.33. The van der Waals surface area contributed by atoms with Crippen LogP contribution in [0.1, 0.15) is 44.5 Å². The van der Waals surface area contributed by atoms with Gasteiger partial charge < -0.3 is 9.80 Å². The lowest BCUT2D eigenvalue weighted by Crippen LogP contribution is -2.10. The zero-order valence-corrected chi connectivity index (χ0v) is 33.7. The molecule has 0 aliphatic heterocycles. The molecule has 0 heterocycles. The molecule has 0 saturated heterocycles. The monoisotopic (exact) mass is 748 g/mol. The predicted molar refractivity (Wildman–Crippen MR) is 251 cm³/mol. The molecular formula is C56H48N2. The van der Waals surface area contributed by atoms with Crippen LogP contribution in [0.2, 0.25) is 0 Å². The Labute approximate surface area is 344 Å². The molecule has 8 aromatic carbocycles. The van der Waals surface area contributed by atoms with Crippen LogP contribution >= 0.6 is 0 Å². The Morgan fingerprint density at radius 3 is 0.966 bits per heavy atom. The molecule has 0 unspecified atom stereocenters. The van der Waals surface area contributed by atoms with Crippen LogP contribution in [0.3, 0.4) is 0 Å². The molecule has 0 N–H and O–H groups in total. The van der Waals surface area contributed by atoms with Gasteiger partial charge in [-0.15, -0.1) is 0 Å². The van der Waals surface area contributed by atoms with E-state index in [1.807, 2.05) is 0 Å². The van der Waals surface area contributed by atoms with E-state index in [0.717, 1.165) is 34.1 Å². The highest BCUT2D eigenvalue weighted by molar-refractivity contribution is 5.83. The first-order chi connectivity index (χ1) is 28.4. The number of hydrogen-bond donors (Lipinski definition) is 0. The molecule has 0 atom stereocenters. The van der Waals surface area contributed by atoms with Gasteiger partial charge in [-0.3, -0.25) is 0 Å². The molecule has 0 fully saturated rings. The molecule has 0 amide bonds. The van der Waals surface area contributed by atoms with E-state index >= 15 is 0 Å². The predicted octanol–water partition coefficient (Wildman–Crippen LogP) is 15.9. The summed E-state index contributed by atoms with van der Waals surface area (Å²) in [4.78, 5) is 4.66. The normalized spacial score (nSPS) is 11.3. The average molecular weight is 749 g/mol. The van der Waals surface area contributed by atoms with Gasteiger partial charge in [0.25, 0.3) is 0 Å². The molecular weight excluding hydrogens is 701 g/mol. The van der Waals surface area contributed by atoms with E-state index in [0.29, 0.717) is 0 Å². The Kier molecular flexibility index (Phi) is 11.3. The summed E-state index contributed by atoms with van der Waals surface area (Å²) in [5.74, 6) is 0. The van der Waals surface area contributed by atoms with E-state index in [4.69, 9.17) is 0 Å². The number of nitrogens with zero attached hydrogens (tertiary/aromatic N) is 2. The smallest absolute Gasteiger partial charge is 0.0464 e. The fourth-order valence-corrected chi connectivity index (χ4v) is 7.35. The van der Waals surface area contributed by atoms with Crippen molar-refractivity contribution in [2.45, 2.75) is 27.7 Å². The van der Waals surface area contributed by atoms with Crippen LogP contribution in [0, 0.1) is 27.7 Å². The topological polar surface area (TPSA) is 6.48 Å². The lowest BCUT2D eigenvalue weighted by Gasteiger charge is -2.27. The van der Waals surface area contributed by atoms with Gasteiger partial charge in [0.05, 0.1) is 0 Å². The van der Waals surface area contributed by atoms with Crippen molar-refractivity contribution in [2.24, 2.45) is 0 Å².